The second kappa shape index (κ2) is 11.8. The van der Waals surface area contributed by atoms with Crippen LogP contribution in [0.1, 0.15) is 47.4 Å². The van der Waals surface area contributed by atoms with E-state index in [2.05, 4.69) is 18.4 Å². The molecule has 0 bridgehead atoms. The number of hydrogen-bond acceptors (Lipinski definition) is 4. The molecule has 0 aliphatic carbocycles. The third-order valence-corrected chi connectivity index (χ3v) is 7.35. The number of hydrogen-bond donors (Lipinski definition) is 0. The summed E-state index contributed by atoms with van der Waals surface area (Å²) in [6, 6.07) is 19.6. The van der Waals surface area contributed by atoms with E-state index < -0.39 is 0 Å². The van der Waals surface area contributed by atoms with Gasteiger partial charge in [0.2, 0.25) is 11.8 Å². The summed E-state index contributed by atoms with van der Waals surface area (Å²) in [7, 11) is 1.65. The highest BCUT2D eigenvalue weighted by molar-refractivity contribution is 7.10. The van der Waals surface area contributed by atoms with E-state index in [1.807, 2.05) is 65.6 Å². The molecular weight excluding hydrogens is 456 g/mol. The highest BCUT2D eigenvalue weighted by Crippen LogP contribution is 2.38. The van der Waals surface area contributed by atoms with Crippen molar-refractivity contribution in [3.8, 4) is 5.75 Å². The number of methoxy groups -OCH3 is 1. The molecule has 1 unspecified atom stereocenters. The minimum atomic E-state index is -0.161. The largest absolute Gasteiger partial charge is 0.497 e. The summed E-state index contributed by atoms with van der Waals surface area (Å²) in [6.07, 6.45) is 6.03. The van der Waals surface area contributed by atoms with E-state index in [4.69, 9.17) is 4.74 Å². The molecule has 1 atom stereocenters. The number of carbonyl (C=O) groups is 2. The van der Waals surface area contributed by atoms with E-state index >= 15 is 0 Å². The van der Waals surface area contributed by atoms with Crippen molar-refractivity contribution in [3.63, 3.8) is 0 Å². The molecule has 0 fully saturated rings. The standard InChI is InChI=1S/C29H32N2O3S/c1-3-4-18-30(27(32)15-10-22-8-6-5-7-9-22)21-28(33)31-19-16-26-25(17-20-35-26)29(31)23-11-13-24(34-2)14-12-23/h5-15,17,20,29H,3-4,16,18-19,21H2,1-2H3. The summed E-state index contributed by atoms with van der Waals surface area (Å²) in [4.78, 5) is 31.7. The predicted octanol–water partition coefficient (Wildman–Crippen LogP) is 5.57. The zero-order valence-corrected chi connectivity index (χ0v) is 21.2. The minimum absolute atomic E-state index is 0.0276. The summed E-state index contributed by atoms with van der Waals surface area (Å²) in [5, 5.41) is 2.10. The number of amides is 2. The first-order chi connectivity index (χ1) is 17.1. The lowest BCUT2D eigenvalue weighted by Gasteiger charge is -2.37. The molecule has 0 saturated carbocycles. The molecule has 1 aliphatic heterocycles. The van der Waals surface area contributed by atoms with Crippen LogP contribution in [0.4, 0.5) is 0 Å². The summed E-state index contributed by atoms with van der Waals surface area (Å²) < 4.78 is 5.33. The first kappa shape index (κ1) is 24.7. The number of carbonyl (C=O) groups excluding carboxylic acids is 2. The lowest BCUT2D eigenvalue weighted by molar-refractivity contribution is -0.139. The lowest BCUT2D eigenvalue weighted by Crippen LogP contribution is -2.46. The molecule has 1 aromatic heterocycles. The number of unbranched alkanes of at least 4 members (excludes halogenated alkanes) is 1. The Hall–Kier alpha value is -3.38. The molecule has 182 valence electrons. The van der Waals surface area contributed by atoms with Crippen LogP contribution >= 0.6 is 11.3 Å². The molecular formula is C29H32N2O3S. The van der Waals surface area contributed by atoms with Crippen molar-refractivity contribution >= 4 is 29.2 Å². The van der Waals surface area contributed by atoms with Crippen LogP contribution in [0.25, 0.3) is 6.08 Å². The van der Waals surface area contributed by atoms with Gasteiger partial charge < -0.3 is 14.5 Å². The molecule has 3 aromatic rings. The zero-order chi connectivity index (χ0) is 24.6. The van der Waals surface area contributed by atoms with Gasteiger partial charge in [0.25, 0.3) is 0 Å². The Labute approximate surface area is 211 Å². The number of ether oxygens (including phenoxy) is 1. The molecule has 2 amide bonds. The van der Waals surface area contributed by atoms with Gasteiger partial charge in [0, 0.05) is 24.0 Å². The van der Waals surface area contributed by atoms with Crippen molar-refractivity contribution in [2.24, 2.45) is 0 Å². The van der Waals surface area contributed by atoms with Crippen LogP contribution in [0.5, 0.6) is 5.75 Å². The van der Waals surface area contributed by atoms with Crippen LogP contribution in [-0.2, 0) is 16.0 Å². The van der Waals surface area contributed by atoms with Gasteiger partial charge in [-0.05, 0) is 59.2 Å². The first-order valence-electron chi connectivity index (χ1n) is 12.1. The topological polar surface area (TPSA) is 49.9 Å². The van der Waals surface area contributed by atoms with Crippen molar-refractivity contribution in [1.29, 1.82) is 0 Å². The monoisotopic (exact) mass is 488 g/mol. The molecule has 0 radical (unpaired) electrons. The summed E-state index contributed by atoms with van der Waals surface area (Å²) in [5.41, 5.74) is 3.19. The molecule has 1 aliphatic rings. The van der Waals surface area contributed by atoms with Gasteiger partial charge >= 0.3 is 0 Å². The number of benzene rings is 2. The van der Waals surface area contributed by atoms with Crippen molar-refractivity contribution in [3.05, 3.63) is 93.7 Å². The normalized spacial score (nSPS) is 15.1. The number of fused-ring (bicyclic) bond motifs is 1. The summed E-state index contributed by atoms with van der Waals surface area (Å²) in [6.45, 7) is 3.36. The molecule has 35 heavy (non-hydrogen) atoms. The molecule has 4 rings (SSSR count). The van der Waals surface area contributed by atoms with E-state index in [0.717, 1.165) is 36.1 Å². The van der Waals surface area contributed by atoms with Crippen molar-refractivity contribution in [2.75, 3.05) is 26.7 Å². The SMILES string of the molecule is CCCCN(CC(=O)N1CCc2sccc2C1c1ccc(OC)cc1)C(=O)C=Cc1ccccc1. The third-order valence-electron chi connectivity index (χ3n) is 6.36. The first-order valence-corrected chi connectivity index (χ1v) is 13.0. The Bertz CT molecular complexity index is 1150. The zero-order valence-electron chi connectivity index (χ0n) is 20.4. The molecule has 0 spiro atoms. The van der Waals surface area contributed by atoms with Gasteiger partial charge in [-0.3, -0.25) is 9.59 Å². The molecule has 0 N–H and O–H groups in total. The van der Waals surface area contributed by atoms with Gasteiger partial charge in [-0.15, -0.1) is 11.3 Å². The quantitative estimate of drug-likeness (QED) is 0.370. The lowest BCUT2D eigenvalue weighted by atomic mass is 9.93. The molecule has 5 nitrogen and oxygen atoms in total. The van der Waals surface area contributed by atoms with Crippen LogP contribution in [0.2, 0.25) is 0 Å². The van der Waals surface area contributed by atoms with Gasteiger partial charge in [0.05, 0.1) is 13.2 Å². The predicted molar refractivity (Wildman–Crippen MR) is 142 cm³/mol. The smallest absolute Gasteiger partial charge is 0.247 e. The second-order valence-electron chi connectivity index (χ2n) is 8.67. The summed E-state index contributed by atoms with van der Waals surface area (Å²) >= 11 is 1.74. The minimum Gasteiger partial charge on any atom is -0.497 e. The summed E-state index contributed by atoms with van der Waals surface area (Å²) in [5.74, 6) is 0.625. The Morgan fingerprint density at radius 1 is 1.11 bits per heavy atom. The average Bonchev–Trinajstić information content (AvgIpc) is 3.38. The van der Waals surface area contributed by atoms with E-state index in [0.29, 0.717) is 13.1 Å². The van der Waals surface area contributed by atoms with Crippen LogP contribution < -0.4 is 4.74 Å². The Balaban J connectivity index is 1.55. The third kappa shape index (κ3) is 6.01. The van der Waals surface area contributed by atoms with Gasteiger partial charge in [-0.25, -0.2) is 0 Å². The molecule has 2 aromatic carbocycles. The van der Waals surface area contributed by atoms with Crippen molar-refractivity contribution in [1.82, 2.24) is 9.80 Å². The van der Waals surface area contributed by atoms with Crippen molar-refractivity contribution in [2.45, 2.75) is 32.2 Å². The van der Waals surface area contributed by atoms with Gasteiger partial charge in [-0.1, -0.05) is 55.8 Å². The average molecular weight is 489 g/mol. The van der Waals surface area contributed by atoms with E-state index in [1.165, 1.54) is 10.4 Å². The van der Waals surface area contributed by atoms with Gasteiger partial charge in [0.15, 0.2) is 0 Å². The van der Waals surface area contributed by atoms with Crippen LogP contribution in [0.15, 0.2) is 72.1 Å². The van der Waals surface area contributed by atoms with Gasteiger partial charge in [-0.2, -0.15) is 0 Å². The molecule has 0 saturated heterocycles. The maximum Gasteiger partial charge on any atom is 0.247 e. The fourth-order valence-electron chi connectivity index (χ4n) is 4.44. The molecule has 6 heteroatoms. The number of nitrogens with zero attached hydrogens (tertiary/aromatic N) is 2. The maximum absolute atomic E-state index is 13.7. The Morgan fingerprint density at radius 3 is 2.60 bits per heavy atom. The van der Waals surface area contributed by atoms with Crippen LogP contribution in [-0.4, -0.2) is 48.4 Å². The van der Waals surface area contributed by atoms with E-state index in [9.17, 15) is 9.59 Å². The number of rotatable bonds is 9. The fraction of sp³-hybridized carbons (Fsp3) is 0.310. The molecule has 2 heterocycles. The van der Waals surface area contributed by atoms with E-state index in [-0.39, 0.29) is 24.4 Å². The Kier molecular flexibility index (Phi) is 8.37. The Morgan fingerprint density at radius 2 is 1.89 bits per heavy atom. The highest BCUT2D eigenvalue weighted by atomic mass is 32.1. The van der Waals surface area contributed by atoms with Crippen molar-refractivity contribution < 1.29 is 14.3 Å². The highest BCUT2D eigenvalue weighted by Gasteiger charge is 2.33. The number of thiophene rings is 1. The van der Waals surface area contributed by atoms with Gasteiger partial charge in [0.1, 0.15) is 12.3 Å². The van der Waals surface area contributed by atoms with Crippen LogP contribution in [0.3, 0.4) is 0 Å². The fourth-order valence-corrected chi connectivity index (χ4v) is 5.34. The second-order valence-corrected chi connectivity index (χ2v) is 9.67. The maximum atomic E-state index is 13.7. The van der Waals surface area contributed by atoms with E-state index in [1.54, 1.807) is 29.4 Å². The van der Waals surface area contributed by atoms with Crippen LogP contribution in [0, 0.1) is 0 Å².